The predicted molar refractivity (Wildman–Crippen MR) is 69.0 cm³/mol. The van der Waals surface area contributed by atoms with E-state index in [-0.39, 0.29) is 0 Å². The van der Waals surface area contributed by atoms with E-state index in [0.29, 0.717) is 0 Å². The maximum Gasteiger partial charge on any atom is 0.174 e. The molecule has 0 aliphatic rings. The summed E-state index contributed by atoms with van der Waals surface area (Å²) in [7, 11) is 0. The van der Waals surface area contributed by atoms with Crippen LogP contribution in [0.15, 0.2) is 27.4 Å². The van der Waals surface area contributed by atoms with Gasteiger partial charge in [-0.1, -0.05) is 24.8 Å². The van der Waals surface area contributed by atoms with Gasteiger partial charge in [0.05, 0.1) is 0 Å². The highest BCUT2D eigenvalue weighted by atomic mass is 32.2. The Labute approximate surface area is 103 Å². The molecular formula is C11H13N3S2. The predicted octanol–water partition coefficient (Wildman–Crippen LogP) is 3.14. The number of benzene rings is 1. The summed E-state index contributed by atoms with van der Waals surface area (Å²) >= 11 is 3.07. The molecule has 2 aromatic rings. The molecule has 0 saturated carbocycles. The van der Waals surface area contributed by atoms with Gasteiger partial charge in [-0.3, -0.25) is 0 Å². The Hall–Kier alpha value is -1.07. The summed E-state index contributed by atoms with van der Waals surface area (Å²) in [5.74, 6) is 0.911. The second kappa shape index (κ2) is 4.84. The molecule has 3 nitrogen and oxygen atoms in total. The van der Waals surface area contributed by atoms with Crippen molar-refractivity contribution >= 4 is 29.0 Å². The van der Waals surface area contributed by atoms with Crippen LogP contribution in [-0.4, -0.2) is 9.36 Å². The zero-order valence-corrected chi connectivity index (χ0v) is 10.9. The topological polar surface area (TPSA) is 51.8 Å². The molecule has 0 bridgehead atoms. The highest BCUT2D eigenvalue weighted by molar-refractivity contribution is 8.01. The van der Waals surface area contributed by atoms with Gasteiger partial charge < -0.3 is 5.73 Å². The lowest BCUT2D eigenvalue weighted by Gasteiger charge is -2.03. The number of nitrogens with zero attached hydrogens (tertiary/aromatic N) is 2. The fraction of sp³-hybridized carbons (Fsp3) is 0.273. The average molecular weight is 251 g/mol. The number of aromatic nitrogens is 2. The molecule has 0 aliphatic carbocycles. The lowest BCUT2D eigenvalue weighted by molar-refractivity contribution is 0.971. The van der Waals surface area contributed by atoms with Crippen molar-refractivity contribution < 1.29 is 0 Å². The summed E-state index contributed by atoms with van der Waals surface area (Å²) in [6.45, 7) is 4.13. The minimum Gasteiger partial charge on any atom is -0.399 e. The Kier molecular flexibility index (Phi) is 3.46. The van der Waals surface area contributed by atoms with E-state index in [1.165, 1.54) is 17.1 Å². The lowest BCUT2D eigenvalue weighted by atomic mass is 10.2. The maximum atomic E-state index is 5.77. The fourth-order valence-corrected chi connectivity index (χ4v) is 3.04. The van der Waals surface area contributed by atoms with Crippen molar-refractivity contribution in [2.45, 2.75) is 29.5 Å². The molecule has 0 unspecified atom stereocenters. The van der Waals surface area contributed by atoms with E-state index in [1.807, 2.05) is 18.2 Å². The Balaban J connectivity index is 2.22. The molecule has 0 radical (unpaired) electrons. The molecule has 1 aromatic heterocycles. The normalized spacial score (nSPS) is 10.6. The summed E-state index contributed by atoms with van der Waals surface area (Å²) in [4.78, 5) is 5.58. The number of aryl methyl sites for hydroxylation is 2. The minimum absolute atomic E-state index is 0.785. The van der Waals surface area contributed by atoms with Gasteiger partial charge in [0.15, 0.2) is 4.34 Å². The molecule has 1 heterocycles. The first-order chi connectivity index (χ1) is 7.69. The van der Waals surface area contributed by atoms with E-state index in [9.17, 15) is 0 Å². The Bertz CT molecular complexity index is 494. The van der Waals surface area contributed by atoms with Crippen LogP contribution < -0.4 is 5.73 Å². The van der Waals surface area contributed by atoms with Gasteiger partial charge in [-0.2, -0.15) is 4.37 Å². The monoisotopic (exact) mass is 251 g/mol. The van der Waals surface area contributed by atoms with E-state index >= 15 is 0 Å². The van der Waals surface area contributed by atoms with Crippen LogP contribution in [-0.2, 0) is 6.42 Å². The zero-order chi connectivity index (χ0) is 11.5. The number of nitrogens with two attached hydrogens (primary N) is 1. The number of hydrogen-bond acceptors (Lipinski definition) is 5. The molecule has 84 valence electrons. The van der Waals surface area contributed by atoms with Gasteiger partial charge in [0, 0.05) is 17.0 Å². The van der Waals surface area contributed by atoms with E-state index in [2.05, 4.69) is 23.2 Å². The molecule has 0 atom stereocenters. The molecule has 2 N–H and O–H groups in total. The van der Waals surface area contributed by atoms with Crippen molar-refractivity contribution in [3.63, 3.8) is 0 Å². The first-order valence-corrected chi connectivity index (χ1v) is 6.64. The van der Waals surface area contributed by atoms with Crippen molar-refractivity contribution in [1.82, 2.24) is 9.36 Å². The van der Waals surface area contributed by atoms with Crippen LogP contribution in [0.2, 0.25) is 0 Å². The SMILES string of the molecule is CCc1nsc(Sc2cc(N)ccc2C)n1. The average Bonchev–Trinajstić information content (AvgIpc) is 2.71. The van der Waals surface area contributed by atoms with Gasteiger partial charge in [0.25, 0.3) is 0 Å². The van der Waals surface area contributed by atoms with Crippen LogP contribution in [0, 0.1) is 6.92 Å². The minimum atomic E-state index is 0.785. The molecule has 2 rings (SSSR count). The molecule has 5 heteroatoms. The smallest absolute Gasteiger partial charge is 0.174 e. The first kappa shape index (κ1) is 11.4. The summed E-state index contributed by atoms with van der Waals surface area (Å²) < 4.78 is 5.24. The summed E-state index contributed by atoms with van der Waals surface area (Å²) in [6.07, 6.45) is 0.882. The van der Waals surface area contributed by atoms with Crippen molar-refractivity contribution in [1.29, 1.82) is 0 Å². The molecule has 0 spiro atoms. The first-order valence-electron chi connectivity index (χ1n) is 5.05. The van der Waals surface area contributed by atoms with E-state index in [4.69, 9.17) is 5.73 Å². The highest BCUT2D eigenvalue weighted by Crippen LogP contribution is 2.32. The second-order valence-corrected chi connectivity index (χ2v) is 5.50. The number of nitrogen functional groups attached to an aromatic ring is 1. The third kappa shape index (κ3) is 2.54. The quantitative estimate of drug-likeness (QED) is 0.851. The summed E-state index contributed by atoms with van der Waals surface area (Å²) in [6, 6.07) is 5.92. The highest BCUT2D eigenvalue weighted by Gasteiger charge is 2.06. The van der Waals surface area contributed by atoms with E-state index < -0.39 is 0 Å². The molecular weight excluding hydrogens is 238 g/mol. The van der Waals surface area contributed by atoms with Crippen molar-refractivity contribution in [3.8, 4) is 0 Å². The molecule has 1 aromatic carbocycles. The van der Waals surface area contributed by atoms with Crippen LogP contribution >= 0.6 is 23.3 Å². The van der Waals surface area contributed by atoms with Crippen molar-refractivity contribution in [2.75, 3.05) is 5.73 Å². The maximum absolute atomic E-state index is 5.77. The second-order valence-electron chi connectivity index (χ2n) is 3.46. The standard InChI is InChI=1S/C11H13N3S2/c1-3-10-13-11(16-14-10)15-9-6-8(12)5-4-7(9)2/h4-6H,3,12H2,1-2H3. The number of anilines is 1. The molecule has 0 amide bonds. The zero-order valence-electron chi connectivity index (χ0n) is 9.23. The Morgan fingerprint density at radius 1 is 1.44 bits per heavy atom. The van der Waals surface area contributed by atoms with Crippen LogP contribution in [0.4, 0.5) is 5.69 Å². The summed E-state index contributed by atoms with van der Waals surface area (Å²) in [5, 5.41) is 0. The molecule has 0 saturated heterocycles. The fourth-order valence-electron chi connectivity index (χ4n) is 1.24. The van der Waals surface area contributed by atoms with Crippen LogP contribution in [0.25, 0.3) is 0 Å². The Morgan fingerprint density at radius 3 is 2.94 bits per heavy atom. The van der Waals surface area contributed by atoms with Gasteiger partial charge >= 0.3 is 0 Å². The number of hydrogen-bond donors (Lipinski definition) is 1. The van der Waals surface area contributed by atoms with Crippen LogP contribution in [0.5, 0.6) is 0 Å². The van der Waals surface area contributed by atoms with E-state index in [1.54, 1.807) is 11.8 Å². The summed E-state index contributed by atoms with van der Waals surface area (Å²) in [5.41, 5.74) is 7.77. The van der Waals surface area contributed by atoms with Gasteiger partial charge in [0.2, 0.25) is 0 Å². The molecule has 16 heavy (non-hydrogen) atoms. The third-order valence-corrected chi connectivity index (χ3v) is 4.12. The lowest BCUT2D eigenvalue weighted by Crippen LogP contribution is -1.87. The van der Waals surface area contributed by atoms with Crippen LogP contribution in [0.3, 0.4) is 0 Å². The van der Waals surface area contributed by atoms with Crippen LogP contribution in [0.1, 0.15) is 18.3 Å². The Morgan fingerprint density at radius 2 is 2.25 bits per heavy atom. The molecule has 0 aliphatic heterocycles. The largest absolute Gasteiger partial charge is 0.399 e. The van der Waals surface area contributed by atoms with Gasteiger partial charge in [-0.25, -0.2) is 4.98 Å². The van der Waals surface area contributed by atoms with Gasteiger partial charge in [-0.15, -0.1) is 0 Å². The molecule has 0 fully saturated rings. The third-order valence-electron chi connectivity index (χ3n) is 2.18. The van der Waals surface area contributed by atoms with Crippen molar-refractivity contribution in [3.05, 3.63) is 29.6 Å². The number of rotatable bonds is 3. The van der Waals surface area contributed by atoms with Crippen molar-refractivity contribution in [2.24, 2.45) is 0 Å². The van der Waals surface area contributed by atoms with E-state index in [0.717, 1.165) is 27.2 Å². The van der Waals surface area contributed by atoms with Gasteiger partial charge in [0.1, 0.15) is 5.82 Å². The van der Waals surface area contributed by atoms with Gasteiger partial charge in [-0.05, 0) is 36.2 Å².